The number of hydrogen-bond donors (Lipinski definition) is 1. The number of amides is 1. The van der Waals surface area contributed by atoms with E-state index in [9.17, 15) is 9.59 Å². The van der Waals surface area contributed by atoms with Crippen LogP contribution < -0.4 is 10.1 Å². The molecule has 2 aliphatic heterocycles. The van der Waals surface area contributed by atoms with Gasteiger partial charge in [0, 0.05) is 63.9 Å². The van der Waals surface area contributed by atoms with Gasteiger partial charge in [-0.15, -0.1) is 0 Å². The third-order valence-electron chi connectivity index (χ3n) is 5.94. The Balaban J connectivity index is 1.30. The van der Waals surface area contributed by atoms with Gasteiger partial charge in [0.1, 0.15) is 18.5 Å². The molecule has 2 heterocycles. The molecule has 0 spiro atoms. The Bertz CT molecular complexity index is 926. The highest BCUT2D eigenvalue weighted by atomic mass is 16.6. The van der Waals surface area contributed by atoms with Crippen LogP contribution in [-0.2, 0) is 27.3 Å². The molecule has 7 nitrogen and oxygen atoms in total. The average molecular weight is 438 g/mol. The number of benzene rings is 2. The SMILES string of the molecule is CC(=O)OC(COc1cccc2c1CCC(=O)N2)CN1CCN(Cc2ccccc2)CC1. The number of esters is 1. The summed E-state index contributed by atoms with van der Waals surface area (Å²) in [5, 5.41) is 2.89. The predicted octanol–water partition coefficient (Wildman–Crippen LogP) is 2.70. The molecule has 1 amide bonds. The highest BCUT2D eigenvalue weighted by Gasteiger charge is 2.24. The molecule has 1 N–H and O–H groups in total. The number of carbonyl (C=O) groups excluding carboxylic acids is 2. The Kier molecular flexibility index (Phi) is 7.39. The van der Waals surface area contributed by atoms with Crippen LogP contribution >= 0.6 is 0 Å². The molecule has 1 unspecified atom stereocenters. The van der Waals surface area contributed by atoms with Crippen LogP contribution in [-0.4, -0.2) is 67.1 Å². The number of fused-ring (bicyclic) bond motifs is 1. The Morgan fingerprint density at radius 1 is 1.00 bits per heavy atom. The standard InChI is InChI=1S/C25H31N3O4/c1-19(29)32-21(18-31-24-9-5-8-23-22(24)10-11-25(30)26-23)17-28-14-12-27(13-15-28)16-20-6-3-2-4-7-20/h2-9,21H,10-18H2,1H3,(H,26,30). The van der Waals surface area contributed by atoms with E-state index in [1.54, 1.807) is 0 Å². The number of hydrogen-bond acceptors (Lipinski definition) is 6. The molecule has 0 saturated carbocycles. The van der Waals surface area contributed by atoms with Gasteiger partial charge >= 0.3 is 5.97 Å². The molecule has 7 heteroatoms. The molecule has 2 aromatic rings. The van der Waals surface area contributed by atoms with Crippen molar-refractivity contribution >= 4 is 17.6 Å². The lowest BCUT2D eigenvalue weighted by Gasteiger charge is -2.36. The van der Waals surface area contributed by atoms with E-state index in [0.717, 1.165) is 49.7 Å². The van der Waals surface area contributed by atoms with Crippen molar-refractivity contribution < 1.29 is 19.1 Å². The van der Waals surface area contributed by atoms with Crippen LogP contribution in [0, 0.1) is 0 Å². The van der Waals surface area contributed by atoms with Crippen molar-refractivity contribution in [1.29, 1.82) is 0 Å². The summed E-state index contributed by atoms with van der Waals surface area (Å²) in [6, 6.07) is 16.2. The maximum Gasteiger partial charge on any atom is 0.303 e. The quantitative estimate of drug-likeness (QED) is 0.641. The maximum absolute atomic E-state index is 11.7. The topological polar surface area (TPSA) is 71.1 Å². The molecule has 2 aromatic carbocycles. The normalized spacial score (nSPS) is 17.8. The van der Waals surface area contributed by atoms with Gasteiger partial charge in [0.25, 0.3) is 0 Å². The summed E-state index contributed by atoms with van der Waals surface area (Å²) in [4.78, 5) is 28.1. The number of rotatable bonds is 8. The number of nitrogens with one attached hydrogen (secondary N) is 1. The molecule has 170 valence electrons. The number of nitrogens with zero attached hydrogens (tertiary/aromatic N) is 2. The third kappa shape index (κ3) is 6.08. The van der Waals surface area contributed by atoms with Gasteiger partial charge < -0.3 is 14.8 Å². The van der Waals surface area contributed by atoms with Gasteiger partial charge in [-0.1, -0.05) is 36.4 Å². The second kappa shape index (κ2) is 10.6. The van der Waals surface area contributed by atoms with Gasteiger partial charge in [-0.2, -0.15) is 0 Å². The molecule has 4 rings (SSSR count). The van der Waals surface area contributed by atoms with Crippen LogP contribution in [0.25, 0.3) is 0 Å². The molecule has 0 aromatic heterocycles. The van der Waals surface area contributed by atoms with Gasteiger partial charge in [0.15, 0.2) is 0 Å². The highest BCUT2D eigenvalue weighted by Crippen LogP contribution is 2.31. The summed E-state index contributed by atoms with van der Waals surface area (Å²) in [5.74, 6) is 0.467. The summed E-state index contributed by atoms with van der Waals surface area (Å²) in [6.45, 7) is 7.14. The Hall–Kier alpha value is -2.90. The fraction of sp³-hybridized carbons (Fsp3) is 0.440. The summed E-state index contributed by atoms with van der Waals surface area (Å²) >= 11 is 0. The lowest BCUT2D eigenvalue weighted by atomic mass is 10.0. The lowest BCUT2D eigenvalue weighted by Crippen LogP contribution is -2.49. The van der Waals surface area contributed by atoms with E-state index < -0.39 is 0 Å². The van der Waals surface area contributed by atoms with E-state index >= 15 is 0 Å². The monoisotopic (exact) mass is 437 g/mol. The van der Waals surface area contributed by atoms with Crippen molar-refractivity contribution in [2.24, 2.45) is 0 Å². The van der Waals surface area contributed by atoms with Crippen molar-refractivity contribution in [3.05, 3.63) is 59.7 Å². The van der Waals surface area contributed by atoms with E-state index in [1.165, 1.54) is 12.5 Å². The first kappa shape index (κ1) is 22.3. The Morgan fingerprint density at radius 2 is 1.75 bits per heavy atom. The van der Waals surface area contributed by atoms with Gasteiger partial charge in [-0.3, -0.25) is 19.4 Å². The molecule has 0 radical (unpaired) electrons. The molecular formula is C25H31N3O4. The predicted molar refractivity (Wildman–Crippen MR) is 123 cm³/mol. The van der Waals surface area contributed by atoms with Crippen LogP contribution in [0.2, 0.25) is 0 Å². The van der Waals surface area contributed by atoms with Crippen LogP contribution in [0.4, 0.5) is 5.69 Å². The largest absolute Gasteiger partial charge is 0.489 e. The molecular weight excluding hydrogens is 406 g/mol. The minimum atomic E-state index is -0.345. The molecule has 1 saturated heterocycles. The van der Waals surface area contributed by atoms with Gasteiger partial charge in [0.2, 0.25) is 5.91 Å². The molecule has 2 aliphatic rings. The van der Waals surface area contributed by atoms with Crippen molar-refractivity contribution in [2.75, 3.05) is 44.6 Å². The zero-order valence-electron chi connectivity index (χ0n) is 18.6. The lowest BCUT2D eigenvalue weighted by molar-refractivity contribution is -0.149. The van der Waals surface area contributed by atoms with Gasteiger partial charge in [-0.05, 0) is 24.1 Å². The van der Waals surface area contributed by atoms with E-state index in [1.807, 2.05) is 24.3 Å². The smallest absolute Gasteiger partial charge is 0.303 e. The molecule has 1 atom stereocenters. The Labute approximate surface area is 189 Å². The van der Waals surface area contributed by atoms with Gasteiger partial charge in [0.05, 0.1) is 0 Å². The average Bonchev–Trinajstić information content (AvgIpc) is 2.79. The van der Waals surface area contributed by atoms with Crippen LogP contribution in [0.3, 0.4) is 0 Å². The Morgan fingerprint density at radius 3 is 2.50 bits per heavy atom. The fourth-order valence-corrected chi connectivity index (χ4v) is 4.33. The summed E-state index contributed by atoms with van der Waals surface area (Å²) < 4.78 is 11.6. The van der Waals surface area contributed by atoms with Crippen molar-refractivity contribution in [2.45, 2.75) is 32.4 Å². The zero-order valence-corrected chi connectivity index (χ0v) is 18.6. The second-order valence-electron chi connectivity index (χ2n) is 8.44. The molecule has 0 aliphatic carbocycles. The minimum Gasteiger partial charge on any atom is -0.489 e. The molecule has 32 heavy (non-hydrogen) atoms. The highest BCUT2D eigenvalue weighted by molar-refractivity contribution is 5.94. The van der Waals surface area contributed by atoms with E-state index in [4.69, 9.17) is 9.47 Å². The second-order valence-corrected chi connectivity index (χ2v) is 8.44. The van der Waals surface area contributed by atoms with Crippen LogP contribution in [0.1, 0.15) is 24.5 Å². The first-order valence-corrected chi connectivity index (χ1v) is 11.3. The van der Waals surface area contributed by atoms with Crippen molar-refractivity contribution in [3.8, 4) is 5.75 Å². The number of anilines is 1. The number of carbonyl (C=O) groups is 2. The van der Waals surface area contributed by atoms with Crippen molar-refractivity contribution in [1.82, 2.24) is 9.80 Å². The number of ether oxygens (including phenoxy) is 2. The van der Waals surface area contributed by atoms with E-state index in [-0.39, 0.29) is 24.6 Å². The minimum absolute atomic E-state index is 0.0267. The summed E-state index contributed by atoms with van der Waals surface area (Å²) in [7, 11) is 0. The summed E-state index contributed by atoms with van der Waals surface area (Å²) in [5.41, 5.74) is 3.13. The first-order valence-electron chi connectivity index (χ1n) is 11.3. The molecule has 1 fully saturated rings. The van der Waals surface area contributed by atoms with E-state index in [0.29, 0.717) is 19.4 Å². The van der Waals surface area contributed by atoms with Crippen LogP contribution in [0.15, 0.2) is 48.5 Å². The van der Waals surface area contributed by atoms with Crippen molar-refractivity contribution in [3.63, 3.8) is 0 Å². The van der Waals surface area contributed by atoms with Crippen LogP contribution in [0.5, 0.6) is 5.75 Å². The van der Waals surface area contributed by atoms with E-state index in [2.05, 4.69) is 39.4 Å². The number of piperazine rings is 1. The summed E-state index contributed by atoms with van der Waals surface area (Å²) in [6.07, 6.45) is 0.759. The van der Waals surface area contributed by atoms with Gasteiger partial charge in [-0.25, -0.2) is 0 Å². The maximum atomic E-state index is 11.7. The third-order valence-corrected chi connectivity index (χ3v) is 5.94. The molecule has 0 bridgehead atoms. The zero-order chi connectivity index (χ0) is 22.3. The first-order chi connectivity index (χ1) is 15.6. The fourth-order valence-electron chi connectivity index (χ4n) is 4.33.